The summed E-state index contributed by atoms with van der Waals surface area (Å²) in [4.78, 5) is 30.7. The lowest BCUT2D eigenvalue weighted by atomic mass is 10.0. The molecule has 5 nitrogen and oxygen atoms in total. The smallest absolute Gasteiger partial charge is 0.242 e. The van der Waals surface area contributed by atoms with E-state index in [2.05, 4.69) is 18.7 Å². The highest BCUT2D eigenvalue weighted by molar-refractivity contribution is 5.85. The molecule has 0 aliphatic carbocycles. The zero-order chi connectivity index (χ0) is 19.4. The lowest BCUT2D eigenvalue weighted by Gasteiger charge is -2.35. The van der Waals surface area contributed by atoms with Crippen molar-refractivity contribution in [3.05, 3.63) is 35.6 Å². The molecule has 0 spiro atoms. The molecule has 6 heteroatoms. The minimum Gasteiger partial charge on any atom is -0.340 e. The lowest BCUT2D eigenvalue weighted by molar-refractivity contribution is -0.138. The fourth-order valence-electron chi connectivity index (χ4n) is 4.08. The van der Waals surface area contributed by atoms with Gasteiger partial charge in [0.15, 0.2) is 0 Å². The van der Waals surface area contributed by atoms with Crippen molar-refractivity contribution >= 4 is 11.8 Å². The van der Waals surface area contributed by atoms with Crippen LogP contribution >= 0.6 is 0 Å². The summed E-state index contributed by atoms with van der Waals surface area (Å²) in [5.41, 5.74) is 1.09. The van der Waals surface area contributed by atoms with Crippen molar-refractivity contribution in [2.75, 3.05) is 32.7 Å². The van der Waals surface area contributed by atoms with Gasteiger partial charge in [-0.2, -0.15) is 0 Å². The van der Waals surface area contributed by atoms with E-state index < -0.39 is 0 Å². The number of rotatable bonds is 5. The van der Waals surface area contributed by atoms with Gasteiger partial charge in [-0.25, -0.2) is 4.39 Å². The van der Waals surface area contributed by atoms with E-state index in [-0.39, 0.29) is 30.2 Å². The standard InChI is InChI=1S/C21H30FN3O2/c1-16(2)19-14-24(21(27)15-25-10-3-5-20(25)26)12-4-11-23(19)13-17-6-8-18(22)9-7-17/h6-9,16,19H,3-5,10-15H2,1-2H3/t19-/m0/s1. The number of hydrogen-bond acceptors (Lipinski definition) is 3. The fraction of sp³-hybridized carbons (Fsp3) is 0.619. The third-order valence-electron chi connectivity index (χ3n) is 5.67. The summed E-state index contributed by atoms with van der Waals surface area (Å²) < 4.78 is 13.2. The van der Waals surface area contributed by atoms with Gasteiger partial charge in [0, 0.05) is 45.2 Å². The predicted molar refractivity (Wildman–Crippen MR) is 102 cm³/mol. The Hall–Kier alpha value is -1.95. The Kier molecular flexibility index (Phi) is 6.47. The maximum atomic E-state index is 13.2. The summed E-state index contributed by atoms with van der Waals surface area (Å²) in [6, 6.07) is 6.91. The van der Waals surface area contributed by atoms with Gasteiger partial charge in [0.25, 0.3) is 0 Å². The van der Waals surface area contributed by atoms with E-state index >= 15 is 0 Å². The van der Waals surface area contributed by atoms with E-state index in [0.717, 1.165) is 38.0 Å². The van der Waals surface area contributed by atoms with Gasteiger partial charge in [0.05, 0.1) is 6.54 Å². The van der Waals surface area contributed by atoms with Crippen LogP contribution in [0.4, 0.5) is 4.39 Å². The Bertz CT molecular complexity index is 662. The predicted octanol–water partition coefficient (Wildman–Crippen LogP) is 2.51. The Morgan fingerprint density at radius 1 is 1.15 bits per heavy atom. The quantitative estimate of drug-likeness (QED) is 0.794. The minimum atomic E-state index is -0.219. The maximum Gasteiger partial charge on any atom is 0.242 e. The number of benzene rings is 1. The van der Waals surface area contributed by atoms with Crippen molar-refractivity contribution < 1.29 is 14.0 Å². The normalized spacial score (nSPS) is 21.8. The SMILES string of the molecule is CC(C)[C@@H]1CN(C(=O)CN2CCCC2=O)CCCN1Cc1ccc(F)cc1. The molecular formula is C21H30FN3O2. The molecule has 1 aromatic carbocycles. The molecule has 2 saturated heterocycles. The average molecular weight is 375 g/mol. The summed E-state index contributed by atoms with van der Waals surface area (Å²) in [7, 11) is 0. The van der Waals surface area contributed by atoms with Gasteiger partial charge >= 0.3 is 0 Å². The van der Waals surface area contributed by atoms with E-state index in [0.29, 0.717) is 25.4 Å². The Balaban J connectivity index is 1.66. The number of likely N-dealkylation sites (tertiary alicyclic amines) is 1. The molecule has 1 aromatic rings. The van der Waals surface area contributed by atoms with Gasteiger partial charge in [-0.1, -0.05) is 26.0 Å². The average Bonchev–Trinajstić information content (AvgIpc) is 2.91. The minimum absolute atomic E-state index is 0.0551. The van der Waals surface area contributed by atoms with Gasteiger partial charge in [-0.3, -0.25) is 14.5 Å². The number of carbonyl (C=O) groups excluding carboxylic acids is 2. The van der Waals surface area contributed by atoms with Crippen molar-refractivity contribution in [2.45, 2.75) is 45.7 Å². The van der Waals surface area contributed by atoms with Crippen molar-refractivity contribution in [2.24, 2.45) is 5.92 Å². The van der Waals surface area contributed by atoms with Crippen LogP contribution in [0.25, 0.3) is 0 Å². The van der Waals surface area contributed by atoms with Gasteiger partial charge in [-0.05, 0) is 36.5 Å². The third kappa shape index (κ3) is 5.06. The number of halogens is 1. The highest BCUT2D eigenvalue weighted by atomic mass is 19.1. The molecule has 0 radical (unpaired) electrons. The molecule has 0 saturated carbocycles. The molecule has 0 aromatic heterocycles. The van der Waals surface area contributed by atoms with E-state index in [1.54, 1.807) is 4.90 Å². The zero-order valence-electron chi connectivity index (χ0n) is 16.4. The summed E-state index contributed by atoms with van der Waals surface area (Å²) in [6.07, 6.45) is 2.32. The van der Waals surface area contributed by atoms with Crippen molar-refractivity contribution in [3.63, 3.8) is 0 Å². The summed E-state index contributed by atoms with van der Waals surface area (Å²) in [6.45, 7) is 8.34. The first-order chi connectivity index (χ1) is 12.9. The van der Waals surface area contributed by atoms with Crippen molar-refractivity contribution in [3.8, 4) is 0 Å². The lowest BCUT2D eigenvalue weighted by Crippen LogP contribution is -2.48. The molecule has 3 rings (SSSR count). The van der Waals surface area contributed by atoms with Crippen LogP contribution in [0.15, 0.2) is 24.3 Å². The van der Waals surface area contributed by atoms with Crippen LogP contribution in [0.1, 0.15) is 38.7 Å². The van der Waals surface area contributed by atoms with Crippen LogP contribution in [-0.2, 0) is 16.1 Å². The fourth-order valence-corrected chi connectivity index (χ4v) is 4.08. The first-order valence-corrected chi connectivity index (χ1v) is 9.98. The molecule has 27 heavy (non-hydrogen) atoms. The second-order valence-corrected chi connectivity index (χ2v) is 8.02. The molecule has 2 amide bonds. The Morgan fingerprint density at radius 2 is 1.89 bits per heavy atom. The molecule has 2 heterocycles. The largest absolute Gasteiger partial charge is 0.340 e. The van der Waals surface area contributed by atoms with Crippen molar-refractivity contribution in [1.29, 1.82) is 0 Å². The zero-order valence-corrected chi connectivity index (χ0v) is 16.4. The van der Waals surface area contributed by atoms with Crippen LogP contribution in [0, 0.1) is 11.7 Å². The first kappa shape index (κ1) is 19.8. The maximum absolute atomic E-state index is 13.2. The number of hydrogen-bond donors (Lipinski definition) is 0. The van der Waals surface area contributed by atoms with Crippen LogP contribution in [0.2, 0.25) is 0 Å². The monoisotopic (exact) mass is 375 g/mol. The van der Waals surface area contributed by atoms with Gasteiger partial charge in [0.1, 0.15) is 5.82 Å². The molecule has 2 fully saturated rings. The Morgan fingerprint density at radius 3 is 2.52 bits per heavy atom. The van der Waals surface area contributed by atoms with Gasteiger partial charge < -0.3 is 9.80 Å². The van der Waals surface area contributed by atoms with E-state index in [1.165, 1.54) is 12.1 Å². The second kappa shape index (κ2) is 8.83. The van der Waals surface area contributed by atoms with Gasteiger partial charge in [0.2, 0.25) is 11.8 Å². The van der Waals surface area contributed by atoms with Crippen LogP contribution in [0.3, 0.4) is 0 Å². The summed E-state index contributed by atoms with van der Waals surface area (Å²) in [5, 5.41) is 0. The van der Waals surface area contributed by atoms with Crippen LogP contribution in [0.5, 0.6) is 0 Å². The number of carbonyl (C=O) groups is 2. The third-order valence-corrected chi connectivity index (χ3v) is 5.67. The Labute approximate surface area is 161 Å². The topological polar surface area (TPSA) is 43.9 Å². The van der Waals surface area contributed by atoms with E-state index in [1.807, 2.05) is 17.0 Å². The number of nitrogens with zero attached hydrogens (tertiary/aromatic N) is 3. The molecule has 0 unspecified atom stereocenters. The molecule has 2 aliphatic rings. The second-order valence-electron chi connectivity index (χ2n) is 8.02. The molecule has 0 bridgehead atoms. The molecule has 2 aliphatic heterocycles. The first-order valence-electron chi connectivity index (χ1n) is 9.98. The van der Waals surface area contributed by atoms with Crippen LogP contribution in [-0.4, -0.2) is 65.3 Å². The molecular weight excluding hydrogens is 345 g/mol. The molecule has 1 atom stereocenters. The van der Waals surface area contributed by atoms with Crippen molar-refractivity contribution in [1.82, 2.24) is 14.7 Å². The van der Waals surface area contributed by atoms with Crippen LogP contribution < -0.4 is 0 Å². The molecule has 0 N–H and O–H groups in total. The summed E-state index contributed by atoms with van der Waals surface area (Å²) in [5.74, 6) is 0.326. The number of amides is 2. The summed E-state index contributed by atoms with van der Waals surface area (Å²) >= 11 is 0. The highest BCUT2D eigenvalue weighted by Crippen LogP contribution is 2.21. The van der Waals surface area contributed by atoms with E-state index in [4.69, 9.17) is 0 Å². The van der Waals surface area contributed by atoms with E-state index in [9.17, 15) is 14.0 Å². The van der Waals surface area contributed by atoms with Gasteiger partial charge in [-0.15, -0.1) is 0 Å². The molecule has 148 valence electrons. The highest BCUT2D eigenvalue weighted by Gasteiger charge is 2.31.